The van der Waals surface area contributed by atoms with Crippen molar-refractivity contribution in [2.24, 2.45) is 0 Å². The summed E-state index contributed by atoms with van der Waals surface area (Å²) in [5.41, 5.74) is 6.17. The molecular weight excluding hydrogens is 668 g/mol. The molecule has 0 saturated heterocycles. The molecule has 0 saturated carbocycles. The highest BCUT2D eigenvalue weighted by molar-refractivity contribution is 6.31. The SMILES string of the molecule is O=c1c(C(c2ccc(OCc3ccccc3Cl)cc2)c2c(-c3ccccc3)[nH]n(-c3ccccc3)c2=O)c(-c2ccccc2)[nH]n1-c1ccccc1. The highest BCUT2D eigenvalue weighted by atomic mass is 35.5. The van der Waals surface area contributed by atoms with Crippen LogP contribution in [0, 0.1) is 0 Å². The third kappa shape index (κ3) is 6.30. The molecule has 0 bridgehead atoms. The van der Waals surface area contributed by atoms with Gasteiger partial charge >= 0.3 is 0 Å². The maximum atomic E-state index is 14.9. The average Bonchev–Trinajstić information content (AvgIpc) is 3.73. The van der Waals surface area contributed by atoms with Crippen molar-refractivity contribution in [3.05, 3.63) is 218 Å². The monoisotopic (exact) mass is 700 g/mol. The van der Waals surface area contributed by atoms with Gasteiger partial charge in [0.25, 0.3) is 11.1 Å². The zero-order valence-electron chi connectivity index (χ0n) is 27.9. The van der Waals surface area contributed by atoms with Gasteiger partial charge < -0.3 is 4.74 Å². The van der Waals surface area contributed by atoms with Crippen molar-refractivity contribution in [1.82, 2.24) is 19.6 Å². The van der Waals surface area contributed by atoms with Crippen molar-refractivity contribution >= 4 is 11.6 Å². The topological polar surface area (TPSA) is 84.8 Å². The molecule has 0 spiro atoms. The molecule has 0 fully saturated rings. The van der Waals surface area contributed by atoms with E-state index in [2.05, 4.69) is 10.2 Å². The lowest BCUT2D eigenvalue weighted by atomic mass is 9.83. The summed E-state index contributed by atoms with van der Waals surface area (Å²) in [5, 5.41) is 7.48. The van der Waals surface area contributed by atoms with Gasteiger partial charge in [-0.3, -0.25) is 19.8 Å². The molecule has 7 nitrogen and oxygen atoms in total. The first-order valence-electron chi connectivity index (χ1n) is 16.9. The molecular formula is C44H33ClN4O3. The molecule has 0 amide bonds. The summed E-state index contributed by atoms with van der Waals surface area (Å²) in [7, 11) is 0. The fourth-order valence-corrected chi connectivity index (χ4v) is 6.80. The fraction of sp³-hybridized carbons (Fsp3) is 0.0455. The molecule has 0 aliphatic carbocycles. The first kappa shape index (κ1) is 32.6. The molecule has 254 valence electrons. The Hall–Kier alpha value is -6.57. The minimum absolute atomic E-state index is 0.264. The molecule has 0 unspecified atom stereocenters. The minimum Gasteiger partial charge on any atom is -0.489 e. The summed E-state index contributed by atoms with van der Waals surface area (Å²) in [4.78, 5) is 29.8. The lowest BCUT2D eigenvalue weighted by molar-refractivity contribution is 0.306. The van der Waals surface area contributed by atoms with Crippen LogP contribution in [0.15, 0.2) is 179 Å². The molecule has 8 rings (SSSR count). The second-order valence-electron chi connectivity index (χ2n) is 12.4. The Balaban J connectivity index is 1.37. The van der Waals surface area contributed by atoms with Gasteiger partial charge in [0.05, 0.1) is 33.9 Å². The number of halogens is 1. The zero-order chi connectivity index (χ0) is 35.4. The van der Waals surface area contributed by atoms with Gasteiger partial charge in [0, 0.05) is 16.5 Å². The molecule has 0 aliphatic heterocycles. The number of hydrogen-bond acceptors (Lipinski definition) is 3. The van der Waals surface area contributed by atoms with Crippen LogP contribution in [0.3, 0.4) is 0 Å². The number of hydrogen-bond donors (Lipinski definition) is 2. The first-order valence-corrected chi connectivity index (χ1v) is 17.3. The third-order valence-electron chi connectivity index (χ3n) is 9.15. The summed E-state index contributed by atoms with van der Waals surface area (Å²) >= 11 is 6.40. The van der Waals surface area contributed by atoms with E-state index in [1.165, 1.54) is 0 Å². The predicted octanol–water partition coefficient (Wildman–Crippen LogP) is 9.39. The summed E-state index contributed by atoms with van der Waals surface area (Å²) < 4.78 is 9.25. The summed E-state index contributed by atoms with van der Waals surface area (Å²) in [6.07, 6.45) is 0. The van der Waals surface area contributed by atoms with Crippen molar-refractivity contribution in [3.8, 4) is 39.6 Å². The van der Waals surface area contributed by atoms with Gasteiger partial charge in [0.1, 0.15) is 12.4 Å². The van der Waals surface area contributed by atoms with E-state index in [9.17, 15) is 9.59 Å². The second kappa shape index (κ2) is 14.3. The van der Waals surface area contributed by atoms with Crippen LogP contribution in [0.25, 0.3) is 33.9 Å². The standard InChI is InChI=1S/C44H33ClN4O3/c45-37-24-14-13-19-33(37)29-52-36-27-25-30(26-28-36)38(39-41(31-15-5-1-6-16-31)46-48(43(39)50)34-20-9-3-10-21-34)40-42(32-17-7-2-8-18-32)47-49(44(40)51)35-22-11-4-12-23-35/h1-28,38,46-47H,29H2. The van der Waals surface area contributed by atoms with Crippen molar-refractivity contribution in [2.45, 2.75) is 12.5 Å². The lowest BCUT2D eigenvalue weighted by Crippen LogP contribution is -2.25. The number of nitrogens with one attached hydrogen (secondary N) is 2. The van der Waals surface area contributed by atoms with E-state index < -0.39 is 5.92 Å². The van der Waals surface area contributed by atoms with E-state index in [1.54, 1.807) is 9.36 Å². The molecule has 2 N–H and O–H groups in total. The van der Waals surface area contributed by atoms with Gasteiger partial charge in [-0.2, -0.15) is 0 Å². The van der Waals surface area contributed by atoms with Gasteiger partial charge in [-0.15, -0.1) is 0 Å². The van der Waals surface area contributed by atoms with Crippen LogP contribution < -0.4 is 15.9 Å². The van der Waals surface area contributed by atoms with E-state index in [0.717, 1.165) is 22.3 Å². The molecule has 6 aromatic carbocycles. The quantitative estimate of drug-likeness (QED) is 0.149. The molecule has 52 heavy (non-hydrogen) atoms. The van der Waals surface area contributed by atoms with Crippen LogP contribution in [-0.4, -0.2) is 19.6 Å². The predicted molar refractivity (Wildman–Crippen MR) is 207 cm³/mol. The Bertz CT molecular complexity index is 2420. The molecule has 0 atom stereocenters. The smallest absolute Gasteiger partial charge is 0.276 e. The molecule has 0 aliphatic rings. The maximum Gasteiger partial charge on any atom is 0.276 e. The minimum atomic E-state index is -0.801. The largest absolute Gasteiger partial charge is 0.489 e. The Labute approximate surface area is 305 Å². The first-order chi connectivity index (χ1) is 25.6. The van der Waals surface area contributed by atoms with Crippen molar-refractivity contribution in [2.75, 3.05) is 0 Å². The van der Waals surface area contributed by atoms with E-state index in [-0.39, 0.29) is 17.7 Å². The highest BCUT2D eigenvalue weighted by Gasteiger charge is 2.34. The third-order valence-corrected chi connectivity index (χ3v) is 9.52. The molecule has 0 radical (unpaired) electrons. The fourth-order valence-electron chi connectivity index (χ4n) is 6.61. The van der Waals surface area contributed by atoms with Crippen LogP contribution in [0.1, 0.15) is 28.2 Å². The molecule has 2 heterocycles. The normalized spacial score (nSPS) is 11.2. The van der Waals surface area contributed by atoms with Crippen molar-refractivity contribution < 1.29 is 4.74 Å². The molecule has 2 aromatic heterocycles. The maximum absolute atomic E-state index is 14.9. The number of rotatable bonds is 10. The van der Waals surface area contributed by atoms with Gasteiger partial charge in [0.2, 0.25) is 0 Å². The summed E-state index contributed by atoms with van der Waals surface area (Å²) in [6.45, 7) is 0.290. The van der Waals surface area contributed by atoms with Gasteiger partial charge in [-0.25, -0.2) is 9.36 Å². The number of H-pyrrole nitrogens is 2. The van der Waals surface area contributed by atoms with Crippen LogP contribution >= 0.6 is 11.6 Å². The van der Waals surface area contributed by atoms with E-state index in [4.69, 9.17) is 16.3 Å². The number of ether oxygens (including phenoxy) is 1. The summed E-state index contributed by atoms with van der Waals surface area (Å²) in [5.74, 6) is -0.175. The number of nitrogens with zero attached hydrogens (tertiary/aromatic N) is 2. The number of para-hydroxylation sites is 2. The van der Waals surface area contributed by atoms with E-state index >= 15 is 0 Å². The van der Waals surface area contributed by atoms with E-state index in [1.807, 2.05) is 170 Å². The molecule has 8 aromatic rings. The number of benzene rings is 6. The van der Waals surface area contributed by atoms with Crippen molar-refractivity contribution in [1.29, 1.82) is 0 Å². The average molecular weight is 701 g/mol. The van der Waals surface area contributed by atoms with Crippen LogP contribution in [0.2, 0.25) is 5.02 Å². The van der Waals surface area contributed by atoms with Crippen LogP contribution in [0.4, 0.5) is 0 Å². The number of aromatic nitrogens is 4. The van der Waals surface area contributed by atoms with Gasteiger partial charge in [-0.1, -0.05) is 139 Å². The van der Waals surface area contributed by atoms with Gasteiger partial charge in [-0.05, 0) is 59.2 Å². The molecule has 8 heteroatoms. The second-order valence-corrected chi connectivity index (χ2v) is 12.8. The Morgan fingerprint density at radius 3 is 1.40 bits per heavy atom. The Kier molecular flexibility index (Phi) is 9.00. The lowest BCUT2D eigenvalue weighted by Gasteiger charge is -2.18. The van der Waals surface area contributed by atoms with E-state index in [0.29, 0.717) is 44.7 Å². The Morgan fingerprint density at radius 1 is 0.519 bits per heavy atom. The highest BCUT2D eigenvalue weighted by Crippen LogP contribution is 2.39. The van der Waals surface area contributed by atoms with Crippen LogP contribution in [0.5, 0.6) is 5.75 Å². The van der Waals surface area contributed by atoms with Gasteiger partial charge in [0.15, 0.2) is 0 Å². The zero-order valence-corrected chi connectivity index (χ0v) is 28.7. The summed E-state index contributed by atoms with van der Waals surface area (Å²) in [6, 6.07) is 53.5. The van der Waals surface area contributed by atoms with Crippen molar-refractivity contribution in [3.63, 3.8) is 0 Å². The number of aromatic amines is 2. The Morgan fingerprint density at radius 2 is 0.942 bits per heavy atom. The van der Waals surface area contributed by atoms with Crippen LogP contribution in [-0.2, 0) is 6.61 Å².